The lowest BCUT2D eigenvalue weighted by Gasteiger charge is -2.29. The third-order valence-electron chi connectivity index (χ3n) is 4.50. The van der Waals surface area contributed by atoms with Gasteiger partial charge in [-0.1, -0.05) is 50.2 Å². The van der Waals surface area contributed by atoms with Crippen molar-refractivity contribution in [2.24, 2.45) is 0 Å². The monoisotopic (exact) mass is 321 g/mol. The molecule has 122 valence electrons. The summed E-state index contributed by atoms with van der Waals surface area (Å²) >= 11 is 0. The molecule has 3 rings (SSSR count). The van der Waals surface area contributed by atoms with Gasteiger partial charge >= 0.3 is 0 Å². The summed E-state index contributed by atoms with van der Waals surface area (Å²) in [5.41, 5.74) is 2.14. The Morgan fingerprint density at radius 2 is 1.42 bits per heavy atom. The van der Waals surface area contributed by atoms with Crippen molar-refractivity contribution in [1.82, 2.24) is 4.90 Å². The highest BCUT2D eigenvalue weighted by Crippen LogP contribution is 2.30. The van der Waals surface area contributed by atoms with Crippen LogP contribution in [0.3, 0.4) is 0 Å². The molecule has 24 heavy (non-hydrogen) atoms. The summed E-state index contributed by atoms with van der Waals surface area (Å²) in [5.74, 6) is -0.479. The van der Waals surface area contributed by atoms with E-state index < -0.39 is 5.41 Å². The van der Waals surface area contributed by atoms with Gasteiger partial charge in [-0.05, 0) is 24.6 Å². The van der Waals surface area contributed by atoms with Gasteiger partial charge in [0.1, 0.15) is 0 Å². The molecule has 0 saturated carbocycles. The minimum Gasteiger partial charge on any atom is -0.295 e. The van der Waals surface area contributed by atoms with Gasteiger partial charge in [-0.2, -0.15) is 0 Å². The van der Waals surface area contributed by atoms with Crippen LogP contribution >= 0.6 is 0 Å². The van der Waals surface area contributed by atoms with E-state index in [0.717, 1.165) is 5.56 Å². The van der Waals surface area contributed by atoms with E-state index in [4.69, 9.17) is 0 Å². The Balaban J connectivity index is 1.86. The van der Waals surface area contributed by atoms with Crippen LogP contribution in [0, 0.1) is 0 Å². The van der Waals surface area contributed by atoms with Crippen LogP contribution in [0.25, 0.3) is 0 Å². The first-order valence-corrected chi connectivity index (χ1v) is 7.88. The van der Waals surface area contributed by atoms with Crippen LogP contribution in [-0.4, -0.2) is 29.0 Å². The summed E-state index contributed by atoms with van der Waals surface area (Å²) in [6.07, 6.45) is 0. The van der Waals surface area contributed by atoms with Gasteiger partial charge < -0.3 is 0 Å². The Morgan fingerprint density at radius 3 is 1.88 bits per heavy atom. The third-order valence-corrected chi connectivity index (χ3v) is 4.50. The van der Waals surface area contributed by atoms with Crippen LogP contribution in [0.4, 0.5) is 0 Å². The van der Waals surface area contributed by atoms with E-state index in [2.05, 4.69) is 0 Å². The summed E-state index contributed by atoms with van der Waals surface area (Å²) < 4.78 is 0. The smallest absolute Gasteiger partial charge is 0.261 e. The number of hydrogen-bond donors (Lipinski definition) is 0. The lowest BCUT2D eigenvalue weighted by molar-refractivity contribution is 0.0623. The predicted molar refractivity (Wildman–Crippen MR) is 91.3 cm³/mol. The number of nitrogens with zero attached hydrogens (tertiary/aromatic N) is 1. The second-order valence-electron chi connectivity index (χ2n) is 6.76. The number of benzene rings is 2. The van der Waals surface area contributed by atoms with Gasteiger partial charge in [0.15, 0.2) is 5.78 Å². The second kappa shape index (κ2) is 5.71. The molecular formula is C20H19NO3. The Morgan fingerprint density at radius 1 is 0.917 bits per heavy atom. The third kappa shape index (κ3) is 2.64. The molecule has 2 aromatic rings. The number of ketones is 1. The van der Waals surface area contributed by atoms with Gasteiger partial charge in [-0.15, -0.1) is 0 Å². The molecule has 0 spiro atoms. The van der Waals surface area contributed by atoms with E-state index in [1.54, 1.807) is 36.4 Å². The van der Waals surface area contributed by atoms with Gasteiger partial charge in [0.2, 0.25) is 0 Å². The Hall–Kier alpha value is -2.75. The second-order valence-corrected chi connectivity index (χ2v) is 6.76. The van der Waals surface area contributed by atoms with Gasteiger partial charge in [0.25, 0.3) is 11.8 Å². The molecule has 4 heteroatoms. The fraction of sp³-hybridized carbons (Fsp3) is 0.250. The van der Waals surface area contributed by atoms with E-state index in [1.165, 1.54) is 11.8 Å². The molecule has 2 aromatic carbocycles. The molecule has 0 bridgehead atoms. The first-order chi connectivity index (χ1) is 11.3. The average molecular weight is 321 g/mol. The van der Waals surface area contributed by atoms with Crippen molar-refractivity contribution in [3.05, 3.63) is 70.8 Å². The SMILES string of the molecule is CC(=O)c1ccc(C(C)(C)CN2C(=O)c3ccccc3C2=O)cc1. The average Bonchev–Trinajstić information content (AvgIpc) is 2.80. The van der Waals surface area contributed by atoms with Crippen molar-refractivity contribution in [1.29, 1.82) is 0 Å². The Kier molecular flexibility index (Phi) is 3.84. The fourth-order valence-corrected chi connectivity index (χ4v) is 3.03. The zero-order valence-corrected chi connectivity index (χ0v) is 14.0. The molecule has 4 nitrogen and oxygen atoms in total. The zero-order valence-electron chi connectivity index (χ0n) is 14.0. The number of amides is 2. The molecule has 0 aliphatic carbocycles. The minimum absolute atomic E-state index is 0.0136. The van der Waals surface area contributed by atoms with Crippen molar-refractivity contribution in [2.45, 2.75) is 26.2 Å². The van der Waals surface area contributed by atoms with Gasteiger partial charge in [0.05, 0.1) is 11.1 Å². The first kappa shape index (κ1) is 16.1. The highest BCUT2D eigenvalue weighted by Gasteiger charge is 2.38. The molecule has 2 amide bonds. The van der Waals surface area contributed by atoms with E-state index in [1.807, 2.05) is 26.0 Å². The van der Waals surface area contributed by atoms with E-state index in [0.29, 0.717) is 23.2 Å². The molecule has 0 fully saturated rings. The number of Topliss-reactive ketones (excluding diaryl/α,β-unsaturated/α-hetero) is 1. The van der Waals surface area contributed by atoms with Crippen molar-refractivity contribution in [2.75, 3.05) is 6.54 Å². The number of fused-ring (bicyclic) bond motifs is 1. The molecule has 0 atom stereocenters. The molecule has 0 aromatic heterocycles. The van der Waals surface area contributed by atoms with Gasteiger partial charge in [-0.25, -0.2) is 0 Å². The molecule has 1 heterocycles. The highest BCUT2D eigenvalue weighted by molar-refractivity contribution is 6.21. The van der Waals surface area contributed by atoms with Crippen LogP contribution < -0.4 is 0 Å². The van der Waals surface area contributed by atoms with Gasteiger partial charge in [0, 0.05) is 17.5 Å². The largest absolute Gasteiger partial charge is 0.295 e. The van der Waals surface area contributed by atoms with Crippen LogP contribution in [0.15, 0.2) is 48.5 Å². The Labute approximate surface area is 141 Å². The quantitative estimate of drug-likeness (QED) is 0.640. The fourth-order valence-electron chi connectivity index (χ4n) is 3.03. The zero-order chi connectivity index (χ0) is 17.5. The van der Waals surface area contributed by atoms with E-state index >= 15 is 0 Å². The number of imide groups is 1. The predicted octanol–water partition coefficient (Wildman–Crippen LogP) is 3.46. The summed E-state index contributed by atoms with van der Waals surface area (Å²) in [6, 6.07) is 14.2. The first-order valence-electron chi connectivity index (χ1n) is 7.88. The maximum atomic E-state index is 12.5. The topological polar surface area (TPSA) is 54.5 Å². The van der Waals surface area contributed by atoms with Crippen LogP contribution in [-0.2, 0) is 5.41 Å². The molecular weight excluding hydrogens is 302 g/mol. The molecule has 0 N–H and O–H groups in total. The summed E-state index contributed by atoms with van der Waals surface area (Å²) in [6.45, 7) is 5.79. The van der Waals surface area contributed by atoms with Crippen LogP contribution in [0.1, 0.15) is 57.4 Å². The summed E-state index contributed by atoms with van der Waals surface area (Å²) in [7, 11) is 0. The van der Waals surface area contributed by atoms with Crippen LogP contribution in [0.5, 0.6) is 0 Å². The van der Waals surface area contributed by atoms with Gasteiger partial charge in [-0.3, -0.25) is 19.3 Å². The lowest BCUT2D eigenvalue weighted by Crippen LogP contribution is -2.40. The number of rotatable bonds is 4. The van der Waals surface area contributed by atoms with Crippen molar-refractivity contribution < 1.29 is 14.4 Å². The lowest BCUT2D eigenvalue weighted by atomic mass is 9.83. The molecule has 0 saturated heterocycles. The maximum Gasteiger partial charge on any atom is 0.261 e. The van der Waals surface area contributed by atoms with Crippen molar-refractivity contribution in [3.8, 4) is 0 Å². The molecule has 0 radical (unpaired) electrons. The van der Waals surface area contributed by atoms with Crippen LogP contribution in [0.2, 0.25) is 0 Å². The van der Waals surface area contributed by atoms with E-state index in [9.17, 15) is 14.4 Å². The summed E-state index contributed by atoms with van der Waals surface area (Å²) in [4.78, 5) is 37.7. The maximum absolute atomic E-state index is 12.5. The number of carbonyl (C=O) groups is 3. The van der Waals surface area contributed by atoms with Crippen molar-refractivity contribution >= 4 is 17.6 Å². The number of carbonyl (C=O) groups excluding carboxylic acids is 3. The molecule has 1 aliphatic rings. The minimum atomic E-state index is -0.414. The molecule has 1 aliphatic heterocycles. The van der Waals surface area contributed by atoms with Crippen molar-refractivity contribution in [3.63, 3.8) is 0 Å². The normalized spacial score (nSPS) is 14.0. The molecule has 0 unspecified atom stereocenters. The highest BCUT2D eigenvalue weighted by atomic mass is 16.2. The number of hydrogen-bond acceptors (Lipinski definition) is 3. The van der Waals surface area contributed by atoms with E-state index in [-0.39, 0.29) is 17.6 Å². The summed E-state index contributed by atoms with van der Waals surface area (Å²) in [5, 5.41) is 0. The standard InChI is InChI=1S/C20H19NO3/c1-13(22)14-8-10-15(11-9-14)20(2,3)12-21-18(23)16-6-4-5-7-17(16)19(21)24/h4-11H,12H2,1-3H3. The Bertz CT molecular complexity index is 799.